The Hall–Kier alpha value is -2.68. The summed E-state index contributed by atoms with van der Waals surface area (Å²) in [6.07, 6.45) is 0.846. The maximum Gasteiger partial charge on any atom is 0.257 e. The van der Waals surface area contributed by atoms with Crippen LogP contribution in [0.4, 0.5) is 5.82 Å². The van der Waals surface area contributed by atoms with Crippen LogP contribution in [0.2, 0.25) is 0 Å². The molecule has 0 saturated heterocycles. The van der Waals surface area contributed by atoms with Gasteiger partial charge in [0, 0.05) is 11.3 Å². The van der Waals surface area contributed by atoms with E-state index in [1.165, 1.54) is 0 Å². The Morgan fingerprint density at radius 1 is 1.00 bits per heavy atom. The van der Waals surface area contributed by atoms with Crippen LogP contribution >= 0.6 is 0 Å². The van der Waals surface area contributed by atoms with Crippen molar-refractivity contribution in [3.63, 3.8) is 0 Å². The predicted octanol–water partition coefficient (Wildman–Crippen LogP) is 4.00. The van der Waals surface area contributed by atoms with Crippen LogP contribution in [0.1, 0.15) is 23.0 Å². The van der Waals surface area contributed by atoms with Crippen LogP contribution in [0.3, 0.4) is 0 Å². The highest BCUT2D eigenvalue weighted by Gasteiger charge is 2.15. The van der Waals surface area contributed by atoms with E-state index in [0.29, 0.717) is 11.4 Å². The number of aryl methyl sites for hydroxylation is 1. The third-order valence-corrected chi connectivity index (χ3v) is 3.45. The van der Waals surface area contributed by atoms with E-state index >= 15 is 0 Å². The molecule has 3 rings (SSSR count). The second-order valence-electron chi connectivity index (χ2n) is 4.85. The van der Waals surface area contributed by atoms with Gasteiger partial charge in [-0.1, -0.05) is 49.4 Å². The summed E-state index contributed by atoms with van der Waals surface area (Å²) in [5, 5.41) is 2.87. The Labute approximate surface area is 124 Å². The number of carbonyl (C=O) groups excluding carboxylic acids is 1. The standard InChI is InChI=1S/C18H16N2O/c1-2-14-8-6-10-17(19-14)20-18(21)16-12-11-13-7-4-3-5-9-15(13)16/h3-12H,2H2,1H3,(H,19,20,21). The summed E-state index contributed by atoms with van der Waals surface area (Å²) in [7, 11) is 0. The molecule has 1 aromatic rings. The van der Waals surface area contributed by atoms with Crippen LogP contribution in [0.15, 0.2) is 60.7 Å². The number of nitrogens with one attached hydrogen (secondary N) is 1. The van der Waals surface area contributed by atoms with Gasteiger partial charge in [0.15, 0.2) is 0 Å². The first-order valence-electron chi connectivity index (χ1n) is 7.03. The van der Waals surface area contributed by atoms with Crippen molar-refractivity contribution in [3.8, 4) is 11.1 Å². The van der Waals surface area contributed by atoms with E-state index in [2.05, 4.69) is 10.3 Å². The fraction of sp³-hybridized carbons (Fsp3) is 0.111. The minimum Gasteiger partial charge on any atom is -0.307 e. The topological polar surface area (TPSA) is 42.0 Å². The molecule has 2 aliphatic carbocycles. The molecule has 0 aromatic carbocycles. The molecular weight excluding hydrogens is 260 g/mol. The molecular formula is C18H16N2O. The van der Waals surface area contributed by atoms with Crippen molar-refractivity contribution in [1.82, 2.24) is 4.98 Å². The van der Waals surface area contributed by atoms with Crippen LogP contribution in [0.25, 0.3) is 11.1 Å². The number of nitrogens with zero attached hydrogens (tertiary/aromatic N) is 1. The van der Waals surface area contributed by atoms with Gasteiger partial charge >= 0.3 is 0 Å². The highest BCUT2D eigenvalue weighted by atomic mass is 16.1. The van der Waals surface area contributed by atoms with E-state index in [-0.39, 0.29) is 5.91 Å². The molecule has 1 N–H and O–H groups in total. The summed E-state index contributed by atoms with van der Waals surface area (Å²) in [6.45, 7) is 2.04. The van der Waals surface area contributed by atoms with Gasteiger partial charge in [-0.3, -0.25) is 4.79 Å². The number of hydrogen-bond acceptors (Lipinski definition) is 2. The highest BCUT2D eigenvalue weighted by Crippen LogP contribution is 2.27. The maximum absolute atomic E-state index is 12.4. The molecule has 1 amide bonds. The molecule has 0 spiro atoms. The minimum atomic E-state index is -0.128. The largest absolute Gasteiger partial charge is 0.307 e. The fourth-order valence-electron chi connectivity index (χ4n) is 2.34. The first-order chi connectivity index (χ1) is 10.3. The molecule has 0 radical (unpaired) electrons. The monoisotopic (exact) mass is 276 g/mol. The number of anilines is 1. The maximum atomic E-state index is 12.4. The third-order valence-electron chi connectivity index (χ3n) is 3.45. The second-order valence-corrected chi connectivity index (χ2v) is 4.85. The van der Waals surface area contributed by atoms with Crippen molar-refractivity contribution in [3.05, 3.63) is 71.9 Å². The molecule has 0 unspecified atom stereocenters. The van der Waals surface area contributed by atoms with Crippen LogP contribution in [0.5, 0.6) is 0 Å². The molecule has 0 atom stereocenters. The second kappa shape index (κ2) is 5.75. The summed E-state index contributed by atoms with van der Waals surface area (Å²) in [5.41, 5.74) is 3.64. The Kier molecular flexibility index (Phi) is 3.65. The number of fused-ring (bicyclic) bond motifs is 1. The fourth-order valence-corrected chi connectivity index (χ4v) is 2.34. The molecule has 1 heterocycles. The van der Waals surface area contributed by atoms with Crippen LogP contribution < -0.4 is 5.32 Å². The van der Waals surface area contributed by atoms with Gasteiger partial charge < -0.3 is 5.32 Å². The number of pyridine rings is 1. The third kappa shape index (κ3) is 2.77. The van der Waals surface area contributed by atoms with Crippen molar-refractivity contribution in [1.29, 1.82) is 0 Å². The summed E-state index contributed by atoms with van der Waals surface area (Å²) in [4.78, 5) is 16.8. The van der Waals surface area contributed by atoms with Crippen LogP contribution in [0, 0.1) is 0 Å². The average Bonchev–Trinajstić information content (AvgIpc) is 2.76. The smallest absolute Gasteiger partial charge is 0.257 e. The molecule has 2 aliphatic rings. The van der Waals surface area contributed by atoms with Gasteiger partial charge in [0.1, 0.15) is 5.82 Å². The van der Waals surface area contributed by atoms with Gasteiger partial charge in [-0.05, 0) is 35.7 Å². The number of rotatable bonds is 3. The molecule has 1 aromatic heterocycles. The molecule has 3 nitrogen and oxygen atoms in total. The zero-order valence-corrected chi connectivity index (χ0v) is 11.8. The lowest BCUT2D eigenvalue weighted by molar-refractivity contribution is 0.102. The van der Waals surface area contributed by atoms with E-state index in [0.717, 1.165) is 23.2 Å². The van der Waals surface area contributed by atoms with E-state index in [4.69, 9.17) is 0 Å². The van der Waals surface area contributed by atoms with E-state index in [1.54, 1.807) is 0 Å². The number of amides is 1. The Morgan fingerprint density at radius 2 is 1.86 bits per heavy atom. The van der Waals surface area contributed by atoms with Gasteiger partial charge in [-0.25, -0.2) is 4.98 Å². The molecule has 0 saturated carbocycles. The van der Waals surface area contributed by atoms with E-state index < -0.39 is 0 Å². The molecule has 0 aliphatic heterocycles. The van der Waals surface area contributed by atoms with E-state index in [9.17, 15) is 4.79 Å². The normalized spacial score (nSPS) is 10.5. The molecule has 21 heavy (non-hydrogen) atoms. The van der Waals surface area contributed by atoms with Crippen molar-refractivity contribution < 1.29 is 4.79 Å². The number of hydrogen-bond donors (Lipinski definition) is 1. The van der Waals surface area contributed by atoms with Gasteiger partial charge in [0.25, 0.3) is 5.91 Å². The van der Waals surface area contributed by atoms with E-state index in [1.807, 2.05) is 67.6 Å². The Bertz CT molecular complexity index is 752. The summed E-state index contributed by atoms with van der Waals surface area (Å²) in [5.74, 6) is 0.464. The molecule has 3 heteroatoms. The zero-order valence-electron chi connectivity index (χ0n) is 11.8. The van der Waals surface area contributed by atoms with Crippen LogP contribution in [-0.4, -0.2) is 10.9 Å². The summed E-state index contributed by atoms with van der Waals surface area (Å²) < 4.78 is 0. The SMILES string of the molecule is CCc1cccc(NC(=O)c2ccc3cccccc2-3)n1. The lowest BCUT2D eigenvalue weighted by atomic mass is 10.1. The van der Waals surface area contributed by atoms with Gasteiger partial charge in [0.2, 0.25) is 0 Å². The summed E-state index contributed by atoms with van der Waals surface area (Å²) >= 11 is 0. The average molecular weight is 276 g/mol. The predicted molar refractivity (Wildman–Crippen MR) is 84.6 cm³/mol. The van der Waals surface area contributed by atoms with Crippen molar-refractivity contribution in [2.24, 2.45) is 0 Å². The van der Waals surface area contributed by atoms with Gasteiger partial charge in [-0.15, -0.1) is 0 Å². The molecule has 0 bridgehead atoms. The summed E-state index contributed by atoms with van der Waals surface area (Å²) in [6, 6.07) is 19.3. The first kappa shape index (κ1) is 13.3. The lowest BCUT2D eigenvalue weighted by Gasteiger charge is -2.06. The number of carbonyl (C=O) groups is 1. The zero-order chi connectivity index (χ0) is 14.7. The molecule has 0 fully saturated rings. The first-order valence-corrected chi connectivity index (χ1v) is 7.03. The quantitative estimate of drug-likeness (QED) is 0.785. The van der Waals surface area contributed by atoms with Crippen molar-refractivity contribution >= 4 is 11.7 Å². The highest BCUT2D eigenvalue weighted by molar-refractivity contribution is 6.09. The Balaban J connectivity index is 1.88. The Morgan fingerprint density at radius 3 is 2.71 bits per heavy atom. The van der Waals surface area contributed by atoms with Crippen LogP contribution in [-0.2, 0) is 6.42 Å². The van der Waals surface area contributed by atoms with Crippen molar-refractivity contribution in [2.75, 3.05) is 5.32 Å². The van der Waals surface area contributed by atoms with Gasteiger partial charge in [-0.2, -0.15) is 0 Å². The molecule has 104 valence electrons. The van der Waals surface area contributed by atoms with Crippen molar-refractivity contribution in [2.45, 2.75) is 13.3 Å². The number of aromatic nitrogens is 1. The lowest BCUT2D eigenvalue weighted by Crippen LogP contribution is -2.13. The van der Waals surface area contributed by atoms with Gasteiger partial charge in [0.05, 0.1) is 0 Å². The minimum absolute atomic E-state index is 0.128.